The number of hydrogen-bond acceptors (Lipinski definition) is 8. The van der Waals surface area contributed by atoms with Gasteiger partial charge in [0, 0.05) is 31.9 Å². The first-order valence-corrected chi connectivity index (χ1v) is 10.4. The van der Waals surface area contributed by atoms with Crippen LogP contribution in [0, 0.1) is 0 Å². The standard InChI is InChI=1S/C21H26N6O2S/c1-14(24-15(2)28)21-23-13-18(30-21)17-6-5-7-19(25-17)26-20-12-16(8-9-22-20)29-11-10-27(3)4/h5-9,12-14H,10-11H2,1-4H3,(H,24,28)(H,22,25,26)/t14-/m0/s1. The number of hydrogen-bond donors (Lipinski definition) is 2. The molecule has 3 aromatic heterocycles. The van der Waals surface area contributed by atoms with E-state index in [2.05, 4.69) is 30.5 Å². The van der Waals surface area contributed by atoms with E-state index in [1.54, 1.807) is 12.4 Å². The largest absolute Gasteiger partial charge is 0.492 e. The molecule has 158 valence electrons. The van der Waals surface area contributed by atoms with Crippen LogP contribution in [0.4, 0.5) is 11.6 Å². The Morgan fingerprint density at radius 1 is 1.23 bits per heavy atom. The van der Waals surface area contributed by atoms with E-state index in [-0.39, 0.29) is 11.9 Å². The molecule has 0 bridgehead atoms. The van der Waals surface area contributed by atoms with Crippen LogP contribution in [0.1, 0.15) is 24.9 Å². The Labute approximate surface area is 180 Å². The normalized spacial score (nSPS) is 11.9. The van der Waals surface area contributed by atoms with E-state index in [0.717, 1.165) is 27.9 Å². The molecule has 8 nitrogen and oxygen atoms in total. The highest BCUT2D eigenvalue weighted by Crippen LogP contribution is 2.29. The van der Waals surface area contributed by atoms with Gasteiger partial charge in [0.1, 0.15) is 29.0 Å². The van der Waals surface area contributed by atoms with Crippen LogP contribution >= 0.6 is 11.3 Å². The fourth-order valence-electron chi connectivity index (χ4n) is 2.66. The molecule has 0 fully saturated rings. The highest BCUT2D eigenvalue weighted by atomic mass is 32.1. The first kappa shape index (κ1) is 21.7. The quantitative estimate of drug-likeness (QED) is 0.541. The second kappa shape index (κ2) is 10.1. The number of likely N-dealkylation sites (N-methyl/N-ethyl adjacent to an activating group) is 1. The maximum absolute atomic E-state index is 11.3. The molecule has 0 saturated heterocycles. The maximum atomic E-state index is 11.3. The molecule has 3 aromatic rings. The van der Waals surface area contributed by atoms with Gasteiger partial charge >= 0.3 is 0 Å². The fourth-order valence-corrected chi connectivity index (χ4v) is 3.55. The number of thiazole rings is 1. The van der Waals surface area contributed by atoms with Crippen molar-refractivity contribution in [2.24, 2.45) is 0 Å². The summed E-state index contributed by atoms with van der Waals surface area (Å²) in [7, 11) is 4.02. The first-order chi connectivity index (χ1) is 14.4. The molecule has 1 atom stereocenters. The van der Waals surface area contributed by atoms with Gasteiger partial charge in [0.2, 0.25) is 5.91 Å². The Balaban J connectivity index is 1.69. The van der Waals surface area contributed by atoms with E-state index in [1.165, 1.54) is 18.3 Å². The van der Waals surface area contributed by atoms with Gasteiger partial charge in [-0.15, -0.1) is 11.3 Å². The number of pyridine rings is 2. The Morgan fingerprint density at radius 3 is 2.83 bits per heavy atom. The van der Waals surface area contributed by atoms with Crippen LogP contribution in [0.3, 0.4) is 0 Å². The van der Waals surface area contributed by atoms with Crippen molar-refractivity contribution in [3.8, 4) is 16.3 Å². The van der Waals surface area contributed by atoms with Crippen molar-refractivity contribution in [1.29, 1.82) is 0 Å². The van der Waals surface area contributed by atoms with Gasteiger partial charge in [-0.05, 0) is 39.2 Å². The molecule has 0 aliphatic heterocycles. The summed E-state index contributed by atoms with van der Waals surface area (Å²) in [5.41, 5.74) is 0.803. The lowest BCUT2D eigenvalue weighted by molar-refractivity contribution is -0.119. The highest BCUT2D eigenvalue weighted by Gasteiger charge is 2.13. The third kappa shape index (κ3) is 6.23. The Hall–Kier alpha value is -3.04. The number of carbonyl (C=O) groups excluding carboxylic acids is 1. The predicted molar refractivity (Wildman–Crippen MR) is 119 cm³/mol. The number of rotatable bonds is 9. The monoisotopic (exact) mass is 426 g/mol. The summed E-state index contributed by atoms with van der Waals surface area (Å²) >= 11 is 1.51. The lowest BCUT2D eigenvalue weighted by Gasteiger charge is -2.12. The summed E-state index contributed by atoms with van der Waals surface area (Å²) < 4.78 is 5.76. The van der Waals surface area contributed by atoms with E-state index < -0.39 is 0 Å². The minimum atomic E-state index is -0.137. The molecule has 0 aliphatic rings. The van der Waals surface area contributed by atoms with E-state index >= 15 is 0 Å². The van der Waals surface area contributed by atoms with Crippen LogP contribution in [-0.2, 0) is 4.79 Å². The van der Waals surface area contributed by atoms with Crippen molar-refractivity contribution in [2.45, 2.75) is 19.9 Å². The van der Waals surface area contributed by atoms with Crippen molar-refractivity contribution in [3.63, 3.8) is 0 Å². The zero-order valence-electron chi connectivity index (χ0n) is 17.5. The number of amides is 1. The summed E-state index contributed by atoms with van der Waals surface area (Å²) in [6.07, 6.45) is 3.48. The maximum Gasteiger partial charge on any atom is 0.217 e. The Morgan fingerprint density at radius 2 is 2.07 bits per heavy atom. The van der Waals surface area contributed by atoms with Crippen LogP contribution < -0.4 is 15.4 Å². The summed E-state index contributed by atoms with van der Waals surface area (Å²) in [5.74, 6) is 2.01. The molecule has 0 aliphatic carbocycles. The van der Waals surface area contributed by atoms with E-state index in [0.29, 0.717) is 18.2 Å². The Kier molecular flexibility index (Phi) is 7.31. The molecule has 30 heavy (non-hydrogen) atoms. The van der Waals surface area contributed by atoms with Crippen LogP contribution in [0.15, 0.2) is 42.7 Å². The number of carbonyl (C=O) groups is 1. The van der Waals surface area contributed by atoms with Crippen molar-refractivity contribution < 1.29 is 9.53 Å². The summed E-state index contributed by atoms with van der Waals surface area (Å²) in [5, 5.41) is 6.91. The molecule has 9 heteroatoms. The van der Waals surface area contributed by atoms with Crippen LogP contribution in [-0.4, -0.2) is 53.0 Å². The second-order valence-corrected chi connectivity index (χ2v) is 8.11. The van der Waals surface area contributed by atoms with Crippen molar-refractivity contribution >= 4 is 28.9 Å². The highest BCUT2D eigenvalue weighted by molar-refractivity contribution is 7.15. The van der Waals surface area contributed by atoms with Crippen LogP contribution in [0.5, 0.6) is 5.75 Å². The van der Waals surface area contributed by atoms with Gasteiger partial charge in [-0.2, -0.15) is 0 Å². The van der Waals surface area contributed by atoms with Gasteiger partial charge < -0.3 is 20.3 Å². The van der Waals surface area contributed by atoms with Gasteiger partial charge in [-0.1, -0.05) is 6.07 Å². The number of nitrogens with one attached hydrogen (secondary N) is 2. The SMILES string of the molecule is CC(=O)N[C@@H](C)c1ncc(-c2cccc(Nc3cc(OCCN(C)C)ccn3)n2)s1. The number of ether oxygens (including phenoxy) is 1. The molecular weight excluding hydrogens is 400 g/mol. The average molecular weight is 427 g/mol. The van der Waals surface area contributed by atoms with Gasteiger partial charge in [-0.3, -0.25) is 4.79 Å². The Bertz CT molecular complexity index is 991. The first-order valence-electron chi connectivity index (χ1n) is 9.61. The predicted octanol–water partition coefficient (Wildman–Crippen LogP) is 3.48. The molecule has 1 amide bonds. The molecule has 3 rings (SSSR count). The molecule has 0 spiro atoms. The molecule has 0 aromatic carbocycles. The van der Waals surface area contributed by atoms with Gasteiger partial charge in [-0.25, -0.2) is 15.0 Å². The molecular formula is C21H26N6O2S. The van der Waals surface area contributed by atoms with Crippen molar-refractivity contribution in [2.75, 3.05) is 32.6 Å². The topological polar surface area (TPSA) is 92.3 Å². The zero-order chi connectivity index (χ0) is 21.5. The summed E-state index contributed by atoms with van der Waals surface area (Å²) in [6, 6.07) is 9.29. The van der Waals surface area contributed by atoms with E-state index in [9.17, 15) is 4.79 Å². The number of nitrogens with zero attached hydrogens (tertiary/aromatic N) is 4. The molecule has 2 N–H and O–H groups in total. The lowest BCUT2D eigenvalue weighted by atomic mass is 10.3. The van der Waals surface area contributed by atoms with Gasteiger partial charge in [0.15, 0.2) is 0 Å². The van der Waals surface area contributed by atoms with Crippen molar-refractivity contribution in [3.05, 3.63) is 47.7 Å². The van der Waals surface area contributed by atoms with Gasteiger partial charge in [0.05, 0.1) is 16.6 Å². The average Bonchev–Trinajstić information content (AvgIpc) is 3.18. The lowest BCUT2D eigenvalue weighted by Crippen LogP contribution is -2.23. The summed E-state index contributed by atoms with van der Waals surface area (Å²) in [4.78, 5) is 27.7. The number of anilines is 2. The smallest absolute Gasteiger partial charge is 0.217 e. The third-order valence-corrected chi connectivity index (χ3v) is 5.31. The molecule has 3 heterocycles. The van der Waals surface area contributed by atoms with Crippen LogP contribution in [0.2, 0.25) is 0 Å². The van der Waals surface area contributed by atoms with Crippen LogP contribution in [0.25, 0.3) is 10.6 Å². The van der Waals surface area contributed by atoms with Gasteiger partial charge in [0.25, 0.3) is 0 Å². The fraction of sp³-hybridized carbons (Fsp3) is 0.333. The number of aromatic nitrogens is 3. The molecule has 0 radical (unpaired) electrons. The molecule has 0 saturated carbocycles. The van der Waals surface area contributed by atoms with E-state index in [1.807, 2.05) is 51.4 Å². The minimum Gasteiger partial charge on any atom is -0.492 e. The van der Waals surface area contributed by atoms with Crippen molar-refractivity contribution in [1.82, 2.24) is 25.2 Å². The minimum absolute atomic E-state index is 0.0796. The third-order valence-electron chi connectivity index (χ3n) is 4.11. The molecule has 0 unspecified atom stereocenters. The summed E-state index contributed by atoms with van der Waals surface area (Å²) in [6.45, 7) is 4.85. The zero-order valence-corrected chi connectivity index (χ0v) is 18.4. The van der Waals surface area contributed by atoms with E-state index in [4.69, 9.17) is 4.74 Å². The second-order valence-electron chi connectivity index (χ2n) is 7.05.